The molecular formula is C20H18N4OS. The summed E-state index contributed by atoms with van der Waals surface area (Å²) in [5.41, 5.74) is 5.69. The Morgan fingerprint density at radius 2 is 1.69 bits per heavy atom. The summed E-state index contributed by atoms with van der Waals surface area (Å²) in [4.78, 5) is 17.8. The van der Waals surface area contributed by atoms with E-state index in [-0.39, 0.29) is 6.03 Å². The van der Waals surface area contributed by atoms with Gasteiger partial charge in [0.15, 0.2) is 4.96 Å². The Labute approximate surface area is 155 Å². The number of imidazole rings is 1. The summed E-state index contributed by atoms with van der Waals surface area (Å²) < 4.78 is 2.00. The van der Waals surface area contributed by atoms with Crippen LogP contribution in [-0.4, -0.2) is 15.4 Å². The van der Waals surface area contributed by atoms with Gasteiger partial charge >= 0.3 is 6.03 Å². The lowest BCUT2D eigenvalue weighted by Gasteiger charge is -2.09. The van der Waals surface area contributed by atoms with Gasteiger partial charge < -0.3 is 10.6 Å². The molecule has 26 heavy (non-hydrogen) atoms. The molecule has 4 rings (SSSR count). The lowest BCUT2D eigenvalue weighted by atomic mass is 10.1. The number of carbonyl (C=O) groups is 1. The number of nitrogens with one attached hydrogen (secondary N) is 2. The Bertz CT molecular complexity index is 1030. The zero-order valence-corrected chi connectivity index (χ0v) is 15.3. The number of hydrogen-bond donors (Lipinski definition) is 2. The molecule has 0 radical (unpaired) electrons. The van der Waals surface area contributed by atoms with E-state index in [2.05, 4.69) is 21.7 Å². The van der Waals surface area contributed by atoms with Crippen LogP contribution in [0.5, 0.6) is 0 Å². The van der Waals surface area contributed by atoms with Crippen molar-refractivity contribution in [3.63, 3.8) is 0 Å². The van der Waals surface area contributed by atoms with Gasteiger partial charge in [-0.1, -0.05) is 18.2 Å². The SMILES string of the molecule is Cc1cc(C)cc(NC(=O)Nc2ccc(-c3cn4ccsc4n3)cc2)c1. The van der Waals surface area contributed by atoms with Crippen molar-refractivity contribution >= 4 is 33.7 Å². The van der Waals surface area contributed by atoms with Crippen molar-refractivity contribution in [1.29, 1.82) is 0 Å². The molecule has 0 unspecified atom stereocenters. The number of rotatable bonds is 3. The number of aryl methyl sites for hydroxylation is 2. The standard InChI is InChI=1S/C20H18N4OS/c1-13-9-14(2)11-17(10-13)22-19(25)21-16-5-3-15(4-6-16)18-12-24-7-8-26-20(24)23-18/h3-12H,1-2H3,(H2,21,22,25). The molecule has 2 N–H and O–H groups in total. The summed E-state index contributed by atoms with van der Waals surface area (Å²) in [7, 11) is 0. The number of anilines is 2. The largest absolute Gasteiger partial charge is 0.323 e. The van der Waals surface area contributed by atoms with E-state index >= 15 is 0 Å². The molecule has 0 saturated heterocycles. The summed E-state index contributed by atoms with van der Waals surface area (Å²) in [5.74, 6) is 0. The van der Waals surface area contributed by atoms with Crippen LogP contribution in [-0.2, 0) is 0 Å². The van der Waals surface area contributed by atoms with Crippen LogP contribution in [0.1, 0.15) is 11.1 Å². The van der Waals surface area contributed by atoms with E-state index < -0.39 is 0 Å². The van der Waals surface area contributed by atoms with Gasteiger partial charge in [0.2, 0.25) is 0 Å². The smallest absolute Gasteiger partial charge is 0.308 e. The summed E-state index contributed by atoms with van der Waals surface area (Å²) in [6.45, 7) is 4.02. The first-order chi connectivity index (χ1) is 12.6. The van der Waals surface area contributed by atoms with Crippen molar-refractivity contribution in [3.05, 3.63) is 71.4 Å². The van der Waals surface area contributed by atoms with Crippen LogP contribution in [0.3, 0.4) is 0 Å². The maximum absolute atomic E-state index is 12.2. The average Bonchev–Trinajstić information content (AvgIpc) is 3.16. The average molecular weight is 362 g/mol. The van der Waals surface area contributed by atoms with Crippen molar-refractivity contribution in [2.75, 3.05) is 10.6 Å². The first-order valence-corrected chi connectivity index (χ1v) is 9.14. The maximum Gasteiger partial charge on any atom is 0.323 e. The van der Waals surface area contributed by atoms with Gasteiger partial charge in [-0.05, 0) is 49.2 Å². The van der Waals surface area contributed by atoms with Crippen LogP contribution in [0.15, 0.2) is 60.2 Å². The van der Waals surface area contributed by atoms with Gasteiger partial charge in [-0.15, -0.1) is 11.3 Å². The molecule has 4 aromatic rings. The molecule has 2 amide bonds. The highest BCUT2D eigenvalue weighted by molar-refractivity contribution is 7.15. The Balaban J connectivity index is 1.45. The van der Waals surface area contributed by atoms with Crippen molar-refractivity contribution in [2.45, 2.75) is 13.8 Å². The van der Waals surface area contributed by atoms with E-state index in [1.54, 1.807) is 11.3 Å². The van der Waals surface area contributed by atoms with Gasteiger partial charge in [-0.2, -0.15) is 0 Å². The monoisotopic (exact) mass is 362 g/mol. The number of fused-ring (bicyclic) bond motifs is 1. The Morgan fingerprint density at radius 3 is 2.38 bits per heavy atom. The van der Waals surface area contributed by atoms with E-state index in [9.17, 15) is 4.79 Å². The number of thiazole rings is 1. The molecule has 6 heteroatoms. The van der Waals surface area contributed by atoms with E-state index in [0.29, 0.717) is 0 Å². The quantitative estimate of drug-likeness (QED) is 0.518. The van der Waals surface area contributed by atoms with Gasteiger partial charge in [-0.25, -0.2) is 9.78 Å². The third-order valence-corrected chi connectivity index (χ3v) is 4.78. The minimum atomic E-state index is -0.259. The summed E-state index contributed by atoms with van der Waals surface area (Å²) in [5, 5.41) is 7.73. The van der Waals surface area contributed by atoms with E-state index in [1.165, 1.54) is 0 Å². The van der Waals surface area contributed by atoms with Gasteiger partial charge in [0.1, 0.15) is 0 Å². The van der Waals surface area contributed by atoms with E-state index in [0.717, 1.165) is 38.7 Å². The third kappa shape index (κ3) is 3.45. The maximum atomic E-state index is 12.2. The zero-order valence-electron chi connectivity index (χ0n) is 14.5. The van der Waals surface area contributed by atoms with Crippen LogP contribution in [0.2, 0.25) is 0 Å². The first-order valence-electron chi connectivity index (χ1n) is 8.26. The minimum Gasteiger partial charge on any atom is -0.308 e. The van der Waals surface area contributed by atoms with Gasteiger partial charge in [0, 0.05) is 34.7 Å². The second kappa shape index (κ2) is 6.65. The van der Waals surface area contributed by atoms with Gasteiger partial charge in [-0.3, -0.25) is 4.40 Å². The number of nitrogens with zero attached hydrogens (tertiary/aromatic N) is 2. The molecule has 0 aliphatic heterocycles. The predicted molar refractivity (Wildman–Crippen MR) is 107 cm³/mol. The van der Waals surface area contributed by atoms with Gasteiger partial charge in [0.05, 0.1) is 5.69 Å². The fraction of sp³-hybridized carbons (Fsp3) is 0.100. The second-order valence-corrected chi connectivity index (χ2v) is 7.12. The minimum absolute atomic E-state index is 0.259. The molecule has 2 aromatic heterocycles. The molecule has 2 heterocycles. The molecule has 0 spiro atoms. The van der Waals surface area contributed by atoms with Crippen molar-refractivity contribution in [1.82, 2.24) is 9.38 Å². The van der Waals surface area contributed by atoms with Crippen LogP contribution >= 0.6 is 11.3 Å². The Morgan fingerprint density at radius 1 is 1.00 bits per heavy atom. The predicted octanol–water partition coefficient (Wildman–Crippen LogP) is 5.32. The highest BCUT2D eigenvalue weighted by atomic mass is 32.1. The summed E-state index contributed by atoms with van der Waals surface area (Å²) in [6.07, 6.45) is 3.99. The van der Waals surface area contributed by atoms with Crippen LogP contribution in [0.4, 0.5) is 16.2 Å². The Hall–Kier alpha value is -3.12. The number of aromatic nitrogens is 2. The van der Waals surface area contributed by atoms with Gasteiger partial charge in [0.25, 0.3) is 0 Å². The normalized spacial score (nSPS) is 10.8. The van der Waals surface area contributed by atoms with Crippen molar-refractivity contribution in [3.8, 4) is 11.3 Å². The molecule has 130 valence electrons. The number of amides is 2. The van der Waals surface area contributed by atoms with Crippen molar-refractivity contribution in [2.24, 2.45) is 0 Å². The van der Waals surface area contributed by atoms with E-state index in [1.807, 2.05) is 72.4 Å². The zero-order chi connectivity index (χ0) is 18.1. The molecule has 0 saturated carbocycles. The number of hydrogen-bond acceptors (Lipinski definition) is 3. The lowest BCUT2D eigenvalue weighted by Crippen LogP contribution is -2.19. The second-order valence-electron chi connectivity index (χ2n) is 6.25. The lowest BCUT2D eigenvalue weighted by molar-refractivity contribution is 0.262. The topological polar surface area (TPSA) is 58.4 Å². The van der Waals surface area contributed by atoms with Crippen LogP contribution in [0, 0.1) is 13.8 Å². The number of urea groups is 1. The first kappa shape index (κ1) is 16.4. The highest BCUT2D eigenvalue weighted by Crippen LogP contribution is 2.23. The molecule has 0 aliphatic rings. The highest BCUT2D eigenvalue weighted by Gasteiger charge is 2.07. The number of carbonyl (C=O) groups excluding carboxylic acids is 1. The third-order valence-electron chi connectivity index (χ3n) is 4.01. The molecule has 0 atom stereocenters. The van der Waals surface area contributed by atoms with E-state index in [4.69, 9.17) is 0 Å². The van der Waals surface area contributed by atoms with Crippen LogP contribution in [0.25, 0.3) is 16.2 Å². The summed E-state index contributed by atoms with van der Waals surface area (Å²) >= 11 is 1.60. The molecule has 0 fully saturated rings. The summed E-state index contributed by atoms with van der Waals surface area (Å²) in [6, 6.07) is 13.4. The molecule has 2 aromatic carbocycles. The van der Waals surface area contributed by atoms with Crippen LogP contribution < -0.4 is 10.6 Å². The molecular weight excluding hydrogens is 344 g/mol. The Kier molecular flexibility index (Phi) is 4.18. The molecule has 0 bridgehead atoms. The number of benzene rings is 2. The molecule has 0 aliphatic carbocycles. The molecule has 5 nitrogen and oxygen atoms in total. The van der Waals surface area contributed by atoms with Crippen molar-refractivity contribution < 1.29 is 4.79 Å². The fourth-order valence-electron chi connectivity index (χ4n) is 2.93. The fourth-order valence-corrected chi connectivity index (χ4v) is 3.63.